The van der Waals surface area contributed by atoms with Gasteiger partial charge in [-0.1, -0.05) is 42.3 Å². The van der Waals surface area contributed by atoms with Crippen LogP contribution in [0.2, 0.25) is 10.0 Å². The van der Waals surface area contributed by atoms with Gasteiger partial charge in [0.15, 0.2) is 0 Å². The average molecular weight is 312 g/mol. The smallest absolute Gasteiger partial charge is 0.0863 e. The molecule has 0 saturated carbocycles. The topological polar surface area (TPSA) is 29.9 Å². The Morgan fingerprint density at radius 1 is 1.35 bits per heavy atom. The molecule has 0 aliphatic rings. The number of nitrogens with zero attached hydrogens (tertiary/aromatic N) is 2. The fraction of sp³-hybridized carbons (Fsp3) is 0.400. The van der Waals surface area contributed by atoms with Crippen molar-refractivity contribution in [1.82, 2.24) is 15.1 Å². The normalized spacial score (nSPS) is 12.7. The van der Waals surface area contributed by atoms with Gasteiger partial charge in [-0.3, -0.25) is 4.68 Å². The summed E-state index contributed by atoms with van der Waals surface area (Å²) in [5.74, 6) is 0. The molecule has 1 unspecified atom stereocenters. The minimum atomic E-state index is 0.199. The highest BCUT2D eigenvalue weighted by Crippen LogP contribution is 2.22. The van der Waals surface area contributed by atoms with E-state index in [1.54, 1.807) is 0 Å². The first-order valence-electron chi connectivity index (χ1n) is 6.72. The SMILES string of the molecule is CCc1nn(C)c(CNC(C)c2cccc(Cl)c2)c1Cl. The van der Waals surface area contributed by atoms with Gasteiger partial charge >= 0.3 is 0 Å². The van der Waals surface area contributed by atoms with E-state index in [1.165, 1.54) is 0 Å². The molecular formula is C15H19Cl2N3. The number of halogens is 2. The van der Waals surface area contributed by atoms with Crippen molar-refractivity contribution in [2.24, 2.45) is 7.05 Å². The minimum absolute atomic E-state index is 0.199. The van der Waals surface area contributed by atoms with Crippen molar-refractivity contribution < 1.29 is 0 Å². The second kappa shape index (κ2) is 6.61. The van der Waals surface area contributed by atoms with E-state index >= 15 is 0 Å². The molecule has 0 radical (unpaired) electrons. The molecule has 0 aliphatic carbocycles. The van der Waals surface area contributed by atoms with E-state index in [0.29, 0.717) is 6.54 Å². The Bertz CT molecular complexity index is 593. The summed E-state index contributed by atoms with van der Waals surface area (Å²) in [7, 11) is 1.92. The quantitative estimate of drug-likeness (QED) is 0.899. The maximum absolute atomic E-state index is 6.34. The third-order valence-corrected chi connectivity index (χ3v) is 4.10. The molecule has 1 N–H and O–H groups in total. The lowest BCUT2D eigenvalue weighted by atomic mass is 10.1. The third-order valence-electron chi connectivity index (χ3n) is 3.43. The average Bonchev–Trinajstić information content (AvgIpc) is 2.71. The van der Waals surface area contributed by atoms with Crippen molar-refractivity contribution in [1.29, 1.82) is 0 Å². The van der Waals surface area contributed by atoms with Gasteiger partial charge in [-0.2, -0.15) is 5.10 Å². The van der Waals surface area contributed by atoms with Crippen LogP contribution in [0.4, 0.5) is 0 Å². The highest BCUT2D eigenvalue weighted by molar-refractivity contribution is 6.32. The molecule has 1 atom stereocenters. The van der Waals surface area contributed by atoms with E-state index < -0.39 is 0 Å². The van der Waals surface area contributed by atoms with Gasteiger partial charge in [-0.25, -0.2) is 0 Å². The first-order chi connectivity index (χ1) is 9.52. The zero-order valence-corrected chi connectivity index (χ0v) is 13.5. The number of hydrogen-bond acceptors (Lipinski definition) is 2. The van der Waals surface area contributed by atoms with Crippen LogP contribution in [0.15, 0.2) is 24.3 Å². The Balaban J connectivity index is 2.07. The fourth-order valence-electron chi connectivity index (χ4n) is 2.16. The predicted molar refractivity (Wildman–Crippen MR) is 84.3 cm³/mol. The monoisotopic (exact) mass is 311 g/mol. The number of nitrogens with one attached hydrogen (secondary N) is 1. The van der Waals surface area contributed by atoms with E-state index in [-0.39, 0.29) is 6.04 Å². The van der Waals surface area contributed by atoms with E-state index in [4.69, 9.17) is 23.2 Å². The molecule has 1 aromatic heterocycles. The standard InChI is InChI=1S/C15H19Cl2N3/c1-4-13-15(17)14(20(3)19-13)9-18-10(2)11-6-5-7-12(16)8-11/h5-8,10,18H,4,9H2,1-3H3. The third kappa shape index (κ3) is 3.35. The first-order valence-corrected chi connectivity index (χ1v) is 7.47. The van der Waals surface area contributed by atoms with Crippen LogP contribution < -0.4 is 5.32 Å². The Morgan fingerprint density at radius 3 is 2.70 bits per heavy atom. The molecule has 2 aromatic rings. The van der Waals surface area contributed by atoms with Crippen molar-refractivity contribution in [3.63, 3.8) is 0 Å². The Labute approximate surface area is 129 Å². The van der Waals surface area contributed by atoms with Crippen LogP contribution in [0.25, 0.3) is 0 Å². The van der Waals surface area contributed by atoms with Gasteiger partial charge in [-0.05, 0) is 31.0 Å². The molecule has 0 amide bonds. The largest absolute Gasteiger partial charge is 0.305 e. The second-order valence-corrected chi connectivity index (χ2v) is 5.66. The molecule has 20 heavy (non-hydrogen) atoms. The molecular weight excluding hydrogens is 293 g/mol. The lowest BCUT2D eigenvalue weighted by Crippen LogP contribution is -2.20. The minimum Gasteiger partial charge on any atom is -0.305 e. The molecule has 0 aliphatic heterocycles. The van der Waals surface area contributed by atoms with Gasteiger partial charge in [0.05, 0.1) is 16.4 Å². The summed E-state index contributed by atoms with van der Waals surface area (Å²) in [6, 6.07) is 8.07. The Kier molecular flexibility index (Phi) is 5.08. The summed E-state index contributed by atoms with van der Waals surface area (Å²) in [5.41, 5.74) is 3.12. The summed E-state index contributed by atoms with van der Waals surface area (Å²) in [5, 5.41) is 9.39. The highest BCUT2D eigenvalue weighted by atomic mass is 35.5. The number of benzene rings is 1. The van der Waals surface area contributed by atoms with Gasteiger partial charge < -0.3 is 5.32 Å². The van der Waals surface area contributed by atoms with Crippen LogP contribution in [0.5, 0.6) is 0 Å². The van der Waals surface area contributed by atoms with Crippen LogP contribution in [0.3, 0.4) is 0 Å². The van der Waals surface area contributed by atoms with Crippen molar-refractivity contribution in [3.8, 4) is 0 Å². The zero-order valence-electron chi connectivity index (χ0n) is 12.0. The zero-order chi connectivity index (χ0) is 14.7. The number of aromatic nitrogens is 2. The predicted octanol–water partition coefficient (Wildman–Crippen LogP) is 4.14. The molecule has 3 nitrogen and oxygen atoms in total. The number of hydrogen-bond donors (Lipinski definition) is 1. The Hall–Kier alpha value is -1.03. The molecule has 0 bridgehead atoms. The molecule has 2 rings (SSSR count). The van der Waals surface area contributed by atoms with Crippen LogP contribution in [-0.4, -0.2) is 9.78 Å². The van der Waals surface area contributed by atoms with Crippen LogP contribution in [0, 0.1) is 0 Å². The number of aryl methyl sites for hydroxylation is 2. The van der Waals surface area contributed by atoms with E-state index in [9.17, 15) is 0 Å². The Morgan fingerprint density at radius 2 is 2.10 bits per heavy atom. The van der Waals surface area contributed by atoms with Gasteiger partial charge in [0.25, 0.3) is 0 Å². The summed E-state index contributed by atoms with van der Waals surface area (Å²) in [6.07, 6.45) is 0.844. The maximum atomic E-state index is 6.34. The van der Waals surface area contributed by atoms with Crippen molar-refractivity contribution in [2.75, 3.05) is 0 Å². The molecule has 5 heteroatoms. The molecule has 0 saturated heterocycles. The molecule has 108 valence electrons. The van der Waals surface area contributed by atoms with Gasteiger partial charge in [0.2, 0.25) is 0 Å². The van der Waals surface area contributed by atoms with Crippen molar-refractivity contribution in [2.45, 2.75) is 32.9 Å². The lowest BCUT2D eigenvalue weighted by Gasteiger charge is -2.15. The van der Waals surface area contributed by atoms with Crippen LogP contribution in [0.1, 0.15) is 36.8 Å². The maximum Gasteiger partial charge on any atom is 0.0863 e. The highest BCUT2D eigenvalue weighted by Gasteiger charge is 2.14. The van der Waals surface area contributed by atoms with E-state index in [0.717, 1.165) is 33.4 Å². The van der Waals surface area contributed by atoms with Crippen molar-refractivity contribution >= 4 is 23.2 Å². The summed E-state index contributed by atoms with van der Waals surface area (Å²) in [6.45, 7) is 4.84. The van der Waals surface area contributed by atoms with Gasteiger partial charge in [-0.15, -0.1) is 0 Å². The fourth-order valence-corrected chi connectivity index (χ4v) is 2.71. The summed E-state index contributed by atoms with van der Waals surface area (Å²) >= 11 is 12.4. The van der Waals surface area contributed by atoms with Gasteiger partial charge in [0, 0.05) is 24.7 Å². The summed E-state index contributed by atoms with van der Waals surface area (Å²) < 4.78 is 1.85. The van der Waals surface area contributed by atoms with Crippen molar-refractivity contribution in [3.05, 3.63) is 51.3 Å². The number of rotatable bonds is 5. The summed E-state index contributed by atoms with van der Waals surface area (Å²) in [4.78, 5) is 0. The second-order valence-electron chi connectivity index (χ2n) is 4.84. The molecule has 1 aromatic carbocycles. The molecule has 0 spiro atoms. The molecule has 0 fully saturated rings. The lowest BCUT2D eigenvalue weighted by molar-refractivity contribution is 0.548. The molecule has 1 heterocycles. The first kappa shape index (κ1) is 15.4. The van der Waals surface area contributed by atoms with Crippen LogP contribution in [-0.2, 0) is 20.0 Å². The van der Waals surface area contributed by atoms with E-state index in [2.05, 4.69) is 30.3 Å². The van der Waals surface area contributed by atoms with Gasteiger partial charge in [0.1, 0.15) is 0 Å². The van der Waals surface area contributed by atoms with E-state index in [1.807, 2.05) is 29.9 Å². The van der Waals surface area contributed by atoms with Crippen LogP contribution >= 0.6 is 23.2 Å².